The number of phosphoric acid groups is 1. The van der Waals surface area contributed by atoms with Gasteiger partial charge in [-0.05, 0) is 31.5 Å². The third-order valence-electron chi connectivity index (χ3n) is 3.63. The summed E-state index contributed by atoms with van der Waals surface area (Å²) < 4.78 is 38.0. The second-order valence-electron chi connectivity index (χ2n) is 5.31. The summed E-state index contributed by atoms with van der Waals surface area (Å²) in [4.78, 5) is 27.6. The van der Waals surface area contributed by atoms with E-state index in [1.54, 1.807) is 6.92 Å². The van der Waals surface area contributed by atoms with Gasteiger partial charge >= 0.3 is 15.4 Å². The monoisotopic (exact) mass is 344 g/mol. The van der Waals surface area contributed by atoms with Crippen molar-refractivity contribution in [2.45, 2.75) is 37.8 Å². The van der Waals surface area contributed by atoms with Gasteiger partial charge in [-0.1, -0.05) is 0 Å². The Morgan fingerprint density at radius 2 is 1.86 bits per heavy atom. The van der Waals surface area contributed by atoms with Crippen molar-refractivity contribution >= 4 is 23.3 Å². The van der Waals surface area contributed by atoms with Crippen LogP contribution in [-0.4, -0.2) is 54.6 Å². The molecule has 0 aromatic heterocycles. The van der Waals surface area contributed by atoms with Crippen LogP contribution in [0.1, 0.15) is 19.8 Å². The molecule has 21 heavy (non-hydrogen) atoms. The normalized spacial score (nSPS) is 33.0. The van der Waals surface area contributed by atoms with E-state index in [0.29, 0.717) is 6.42 Å². The highest BCUT2D eigenvalue weighted by Gasteiger charge is 2.45. The fourth-order valence-electron chi connectivity index (χ4n) is 2.81. The van der Waals surface area contributed by atoms with Crippen LogP contribution < -0.4 is 0 Å². The first-order valence-electron chi connectivity index (χ1n) is 6.82. The SMILES string of the molecule is B[C@@H]1C[C@H](CCP(=O)(O)O)[C@@H](OP(=O)(O)OCC)[C@H]1OC. The summed E-state index contributed by atoms with van der Waals surface area (Å²) in [7, 11) is -4.92. The van der Waals surface area contributed by atoms with Crippen molar-refractivity contribution in [1.82, 2.24) is 0 Å². The maximum Gasteiger partial charge on any atom is 0.472 e. The third kappa shape index (κ3) is 6.12. The fraction of sp³-hybridized carbons (Fsp3) is 1.00. The van der Waals surface area contributed by atoms with Crippen molar-refractivity contribution in [3.05, 3.63) is 0 Å². The number of hydrogen-bond donors (Lipinski definition) is 3. The van der Waals surface area contributed by atoms with Gasteiger partial charge < -0.3 is 19.4 Å². The van der Waals surface area contributed by atoms with E-state index in [9.17, 15) is 14.0 Å². The second kappa shape index (κ2) is 7.71. The Morgan fingerprint density at radius 3 is 2.33 bits per heavy atom. The summed E-state index contributed by atoms with van der Waals surface area (Å²) >= 11 is 0. The van der Waals surface area contributed by atoms with E-state index in [1.165, 1.54) is 7.11 Å². The summed E-state index contributed by atoms with van der Waals surface area (Å²) in [5.41, 5.74) is 0. The van der Waals surface area contributed by atoms with Gasteiger partial charge in [0.15, 0.2) is 0 Å². The summed E-state index contributed by atoms with van der Waals surface area (Å²) in [6.45, 7) is 1.60. The van der Waals surface area contributed by atoms with Crippen LogP contribution in [-0.2, 0) is 22.9 Å². The highest BCUT2D eigenvalue weighted by molar-refractivity contribution is 7.51. The Kier molecular flexibility index (Phi) is 7.10. The van der Waals surface area contributed by atoms with Gasteiger partial charge in [0.1, 0.15) is 7.85 Å². The van der Waals surface area contributed by atoms with Crippen LogP contribution in [0.3, 0.4) is 0 Å². The minimum atomic E-state index is -4.19. The number of methoxy groups -OCH3 is 1. The molecule has 3 N–H and O–H groups in total. The smallest absolute Gasteiger partial charge is 0.379 e. The minimum absolute atomic E-state index is 0.0286. The van der Waals surface area contributed by atoms with Crippen LogP contribution in [0.4, 0.5) is 0 Å². The van der Waals surface area contributed by atoms with Gasteiger partial charge in [-0.2, -0.15) is 0 Å². The van der Waals surface area contributed by atoms with Gasteiger partial charge in [-0.3, -0.25) is 13.6 Å². The van der Waals surface area contributed by atoms with E-state index < -0.39 is 27.6 Å². The van der Waals surface area contributed by atoms with E-state index in [2.05, 4.69) is 0 Å². The maximum atomic E-state index is 11.8. The highest BCUT2D eigenvalue weighted by Crippen LogP contribution is 2.52. The predicted molar refractivity (Wildman–Crippen MR) is 79.1 cm³/mol. The molecule has 0 bridgehead atoms. The van der Waals surface area contributed by atoms with Gasteiger partial charge in [0.2, 0.25) is 0 Å². The average Bonchev–Trinajstić information content (AvgIpc) is 2.60. The van der Waals surface area contributed by atoms with Crippen LogP contribution in [0.2, 0.25) is 5.82 Å². The molecule has 0 amide bonds. The van der Waals surface area contributed by atoms with E-state index >= 15 is 0 Å². The first-order chi connectivity index (χ1) is 9.59. The molecule has 0 aliphatic heterocycles. The zero-order valence-electron chi connectivity index (χ0n) is 12.4. The first-order valence-corrected chi connectivity index (χ1v) is 10.1. The van der Waals surface area contributed by atoms with Gasteiger partial charge in [0.05, 0.1) is 25.0 Å². The van der Waals surface area contributed by atoms with Crippen LogP contribution in [0.15, 0.2) is 0 Å². The van der Waals surface area contributed by atoms with Crippen molar-refractivity contribution in [2.24, 2.45) is 5.92 Å². The Bertz CT molecular complexity index is 427. The molecule has 0 radical (unpaired) electrons. The molecule has 0 spiro atoms. The molecule has 0 aromatic rings. The lowest BCUT2D eigenvalue weighted by molar-refractivity contribution is -0.0127. The van der Waals surface area contributed by atoms with Gasteiger partial charge in [0, 0.05) is 7.11 Å². The topological polar surface area (TPSA) is 123 Å². The molecule has 1 unspecified atom stereocenters. The number of ether oxygens (including phenoxy) is 1. The predicted octanol–water partition coefficient (Wildman–Crippen LogP) is 0.533. The van der Waals surface area contributed by atoms with Crippen molar-refractivity contribution < 1.29 is 37.6 Å². The lowest BCUT2D eigenvalue weighted by Gasteiger charge is -2.26. The molecule has 0 saturated heterocycles. The standard InChI is InChI=1S/C10H23BO8P2/c1-3-18-21(15,16)19-9-7(4-5-20(12,13)14)6-8(11)10(9)17-2/h7-10H,3-6,11H2,1-2H3,(H,15,16)(H2,12,13,14)/t7-,8+,9+,10-/m0/s1. The summed E-state index contributed by atoms with van der Waals surface area (Å²) in [5, 5.41) is 0. The number of rotatable bonds is 8. The fourth-order valence-corrected chi connectivity index (χ4v) is 4.47. The lowest BCUT2D eigenvalue weighted by Crippen LogP contribution is -2.31. The molecule has 5 atom stereocenters. The van der Waals surface area contributed by atoms with Gasteiger partial charge in [-0.25, -0.2) is 4.57 Å². The van der Waals surface area contributed by atoms with E-state index in [4.69, 9.17) is 23.6 Å². The number of phosphoric ester groups is 1. The van der Waals surface area contributed by atoms with Crippen LogP contribution in [0.5, 0.6) is 0 Å². The summed E-state index contributed by atoms with van der Waals surface area (Å²) in [6, 6.07) is 0. The molecule has 1 fully saturated rings. The molecule has 8 nitrogen and oxygen atoms in total. The molecule has 124 valence electrons. The molecule has 1 aliphatic rings. The molecule has 11 heteroatoms. The lowest BCUT2D eigenvalue weighted by atomic mass is 9.83. The summed E-state index contributed by atoms with van der Waals surface area (Å²) in [5.74, 6) is -0.207. The Balaban J connectivity index is 2.80. The van der Waals surface area contributed by atoms with E-state index in [0.717, 1.165) is 0 Å². The average molecular weight is 344 g/mol. The van der Waals surface area contributed by atoms with Crippen molar-refractivity contribution in [1.29, 1.82) is 0 Å². The largest absolute Gasteiger partial charge is 0.472 e. The van der Waals surface area contributed by atoms with Crippen LogP contribution in [0, 0.1) is 5.92 Å². The van der Waals surface area contributed by atoms with Crippen LogP contribution >= 0.6 is 15.4 Å². The number of hydrogen-bond acceptors (Lipinski definition) is 5. The zero-order chi connectivity index (χ0) is 16.3. The molecule has 1 rings (SSSR count). The molecule has 0 aromatic carbocycles. The molecule has 1 aliphatic carbocycles. The first kappa shape index (κ1) is 19.3. The second-order valence-corrected chi connectivity index (χ2v) is 8.49. The highest BCUT2D eigenvalue weighted by atomic mass is 31.2. The van der Waals surface area contributed by atoms with Gasteiger partial charge in [0.25, 0.3) is 0 Å². The molecular weight excluding hydrogens is 321 g/mol. The zero-order valence-corrected chi connectivity index (χ0v) is 14.2. The molecule has 0 heterocycles. The van der Waals surface area contributed by atoms with Crippen molar-refractivity contribution in [3.63, 3.8) is 0 Å². The maximum absolute atomic E-state index is 11.8. The van der Waals surface area contributed by atoms with E-state index in [1.807, 2.05) is 7.85 Å². The van der Waals surface area contributed by atoms with Gasteiger partial charge in [-0.15, -0.1) is 0 Å². The van der Waals surface area contributed by atoms with Crippen molar-refractivity contribution in [3.8, 4) is 0 Å². The van der Waals surface area contributed by atoms with Crippen LogP contribution in [0.25, 0.3) is 0 Å². The quantitative estimate of drug-likeness (QED) is 0.431. The van der Waals surface area contributed by atoms with E-state index in [-0.39, 0.29) is 30.9 Å². The third-order valence-corrected chi connectivity index (χ3v) is 5.57. The Hall–Kier alpha value is 0.285. The minimum Gasteiger partial charge on any atom is -0.379 e. The Morgan fingerprint density at radius 1 is 1.24 bits per heavy atom. The molecular formula is C10H23BO8P2. The molecule has 1 saturated carbocycles. The summed E-state index contributed by atoms with van der Waals surface area (Å²) in [6.07, 6.45) is -0.613. The van der Waals surface area contributed by atoms with Crippen molar-refractivity contribution in [2.75, 3.05) is 19.9 Å². The Labute approximate surface area is 125 Å².